The maximum Gasteiger partial charge on any atom is 0.407 e. The first-order valence-electron chi connectivity index (χ1n) is 9.08. The van der Waals surface area contributed by atoms with Gasteiger partial charge in [0.15, 0.2) is 0 Å². The Bertz CT molecular complexity index is 814. The van der Waals surface area contributed by atoms with Gasteiger partial charge in [0.25, 0.3) is 0 Å². The van der Waals surface area contributed by atoms with Crippen LogP contribution in [0.5, 0.6) is 5.88 Å². The summed E-state index contributed by atoms with van der Waals surface area (Å²) >= 11 is 0. The van der Waals surface area contributed by atoms with Crippen molar-refractivity contribution in [2.45, 2.75) is 38.9 Å². The number of fused-ring (bicyclic) bond motifs is 1. The van der Waals surface area contributed by atoms with Gasteiger partial charge in [0.05, 0.1) is 20.3 Å². The minimum Gasteiger partial charge on any atom is -0.481 e. The molecule has 0 unspecified atom stereocenters. The van der Waals surface area contributed by atoms with Gasteiger partial charge in [0.2, 0.25) is 5.88 Å². The molecule has 0 aliphatic carbocycles. The molecule has 1 aliphatic rings. The van der Waals surface area contributed by atoms with Crippen LogP contribution in [0.4, 0.5) is 4.79 Å². The molecule has 1 aromatic heterocycles. The summed E-state index contributed by atoms with van der Waals surface area (Å²) in [6.07, 6.45) is 1.92. The summed E-state index contributed by atoms with van der Waals surface area (Å²) < 4.78 is 16.5. The Kier molecular flexibility index (Phi) is 5.65. The lowest BCUT2D eigenvalue weighted by Gasteiger charge is -2.28. The maximum absolute atomic E-state index is 12.0. The summed E-state index contributed by atoms with van der Waals surface area (Å²) in [6.45, 7) is 6.49. The highest BCUT2D eigenvalue weighted by molar-refractivity contribution is 5.70. The quantitative estimate of drug-likeness (QED) is 0.884. The van der Waals surface area contributed by atoms with Crippen LogP contribution in [0.15, 0.2) is 36.5 Å². The number of pyridine rings is 1. The second kappa shape index (κ2) is 7.96. The average molecular weight is 370 g/mol. The molecule has 0 saturated heterocycles. The van der Waals surface area contributed by atoms with E-state index in [-0.39, 0.29) is 6.10 Å². The minimum atomic E-state index is -0.525. The molecule has 0 saturated carbocycles. The monoisotopic (exact) mass is 370 g/mol. The molecule has 1 aliphatic heterocycles. The lowest BCUT2D eigenvalue weighted by Crippen LogP contribution is -2.36. The molecular weight excluding hydrogens is 344 g/mol. The molecule has 1 N–H and O–H groups in total. The summed E-state index contributed by atoms with van der Waals surface area (Å²) in [5.41, 5.74) is 3.99. The number of aromatic nitrogens is 1. The lowest BCUT2D eigenvalue weighted by atomic mass is 9.90. The fourth-order valence-electron chi connectivity index (χ4n) is 3.20. The van der Waals surface area contributed by atoms with Crippen molar-refractivity contribution in [2.75, 3.05) is 20.3 Å². The van der Waals surface area contributed by atoms with Crippen molar-refractivity contribution in [2.24, 2.45) is 0 Å². The van der Waals surface area contributed by atoms with Crippen LogP contribution in [0.2, 0.25) is 0 Å². The molecule has 0 radical (unpaired) electrons. The van der Waals surface area contributed by atoms with Crippen molar-refractivity contribution in [3.05, 3.63) is 47.7 Å². The summed E-state index contributed by atoms with van der Waals surface area (Å²) in [5.74, 6) is 0.584. The fourth-order valence-corrected chi connectivity index (χ4v) is 3.20. The molecule has 0 spiro atoms. The number of methoxy groups -OCH3 is 1. The van der Waals surface area contributed by atoms with Crippen molar-refractivity contribution in [3.8, 4) is 17.0 Å². The smallest absolute Gasteiger partial charge is 0.407 e. The topological polar surface area (TPSA) is 69.7 Å². The molecule has 2 aromatic rings. The van der Waals surface area contributed by atoms with E-state index in [1.807, 2.05) is 39.0 Å². The molecule has 1 atom stereocenters. The van der Waals surface area contributed by atoms with E-state index in [0.29, 0.717) is 19.0 Å². The van der Waals surface area contributed by atoms with Gasteiger partial charge in [0, 0.05) is 12.3 Å². The van der Waals surface area contributed by atoms with E-state index in [1.165, 1.54) is 5.56 Å². The number of rotatable bonds is 4. The Morgan fingerprint density at radius 1 is 1.33 bits per heavy atom. The third-order valence-electron chi connectivity index (χ3n) is 4.32. The zero-order valence-electron chi connectivity index (χ0n) is 16.2. The second-order valence-corrected chi connectivity index (χ2v) is 7.45. The first-order chi connectivity index (χ1) is 12.9. The van der Waals surface area contributed by atoms with E-state index >= 15 is 0 Å². The number of ether oxygens (including phenoxy) is 3. The summed E-state index contributed by atoms with van der Waals surface area (Å²) in [4.78, 5) is 16.1. The Balaban J connectivity index is 1.81. The number of hydrogen-bond acceptors (Lipinski definition) is 5. The number of benzene rings is 1. The van der Waals surface area contributed by atoms with Gasteiger partial charge < -0.3 is 19.5 Å². The molecule has 1 amide bonds. The normalized spacial score (nSPS) is 16.4. The number of hydrogen-bond donors (Lipinski definition) is 1. The van der Waals surface area contributed by atoms with Crippen LogP contribution in [0.1, 0.15) is 38.0 Å². The van der Waals surface area contributed by atoms with Gasteiger partial charge in [-0.2, -0.15) is 0 Å². The third-order valence-corrected chi connectivity index (χ3v) is 4.32. The molecule has 144 valence electrons. The fraction of sp³-hybridized carbons (Fsp3) is 0.429. The zero-order valence-corrected chi connectivity index (χ0v) is 16.2. The first kappa shape index (κ1) is 19.2. The van der Waals surface area contributed by atoms with Crippen LogP contribution in [-0.2, 0) is 15.9 Å². The van der Waals surface area contributed by atoms with Gasteiger partial charge in [-0.25, -0.2) is 9.78 Å². The first-order valence-corrected chi connectivity index (χ1v) is 9.08. The standard InChI is InChI=1S/C21H26N2O4/c1-21(2,3)27-20(24)23-13-18-17-7-5-6-15(16(17)9-11-26-18)14-8-10-22-19(12-14)25-4/h5-8,10,12,18H,9,11,13H2,1-4H3,(H,23,24)/t18-/m0/s1. The van der Waals surface area contributed by atoms with Crippen molar-refractivity contribution < 1.29 is 19.0 Å². The van der Waals surface area contributed by atoms with Gasteiger partial charge in [-0.3, -0.25) is 0 Å². The highest BCUT2D eigenvalue weighted by Crippen LogP contribution is 2.35. The molecular formula is C21H26N2O4. The Hall–Kier alpha value is -2.60. The third kappa shape index (κ3) is 4.77. The zero-order chi connectivity index (χ0) is 19.4. The molecule has 0 fully saturated rings. The van der Waals surface area contributed by atoms with Crippen molar-refractivity contribution in [1.82, 2.24) is 10.3 Å². The molecule has 2 heterocycles. The van der Waals surface area contributed by atoms with E-state index in [9.17, 15) is 4.79 Å². The van der Waals surface area contributed by atoms with Crippen molar-refractivity contribution >= 4 is 6.09 Å². The van der Waals surface area contributed by atoms with E-state index in [1.54, 1.807) is 13.3 Å². The number of amides is 1. The molecule has 27 heavy (non-hydrogen) atoms. The van der Waals surface area contributed by atoms with Crippen molar-refractivity contribution in [1.29, 1.82) is 0 Å². The number of carbonyl (C=O) groups excluding carboxylic acids is 1. The second-order valence-electron chi connectivity index (χ2n) is 7.45. The van der Waals surface area contributed by atoms with Crippen LogP contribution in [0.25, 0.3) is 11.1 Å². The Morgan fingerprint density at radius 2 is 2.15 bits per heavy atom. The van der Waals surface area contributed by atoms with Gasteiger partial charge in [-0.1, -0.05) is 18.2 Å². The summed E-state index contributed by atoms with van der Waals surface area (Å²) in [7, 11) is 1.61. The van der Waals surface area contributed by atoms with Gasteiger partial charge >= 0.3 is 6.09 Å². The average Bonchev–Trinajstić information content (AvgIpc) is 2.64. The van der Waals surface area contributed by atoms with E-state index in [4.69, 9.17) is 14.2 Å². The largest absolute Gasteiger partial charge is 0.481 e. The highest BCUT2D eigenvalue weighted by Gasteiger charge is 2.25. The lowest BCUT2D eigenvalue weighted by molar-refractivity contribution is 0.0289. The molecule has 3 rings (SSSR count). The molecule has 6 nitrogen and oxygen atoms in total. The minimum absolute atomic E-state index is 0.204. The number of alkyl carbamates (subject to hydrolysis) is 1. The van der Waals surface area contributed by atoms with Gasteiger partial charge in [-0.15, -0.1) is 0 Å². The SMILES string of the molecule is COc1cc(-c2cccc3c2CCO[C@H]3CNC(=O)OC(C)(C)C)ccn1. The van der Waals surface area contributed by atoms with E-state index in [0.717, 1.165) is 23.1 Å². The number of nitrogens with zero attached hydrogens (tertiary/aromatic N) is 1. The predicted molar refractivity (Wildman–Crippen MR) is 103 cm³/mol. The van der Waals surface area contributed by atoms with Gasteiger partial charge in [0.1, 0.15) is 11.7 Å². The molecule has 0 bridgehead atoms. The van der Waals surface area contributed by atoms with E-state index in [2.05, 4.69) is 22.4 Å². The van der Waals surface area contributed by atoms with Gasteiger partial charge in [-0.05, 0) is 55.5 Å². The Morgan fingerprint density at radius 3 is 2.89 bits per heavy atom. The Labute approximate surface area is 159 Å². The maximum atomic E-state index is 12.0. The molecule has 1 aromatic carbocycles. The highest BCUT2D eigenvalue weighted by atomic mass is 16.6. The van der Waals surface area contributed by atoms with Crippen LogP contribution in [0, 0.1) is 0 Å². The van der Waals surface area contributed by atoms with Crippen LogP contribution in [-0.4, -0.2) is 36.9 Å². The molecule has 6 heteroatoms. The summed E-state index contributed by atoms with van der Waals surface area (Å²) in [6, 6.07) is 10.1. The van der Waals surface area contributed by atoms with E-state index < -0.39 is 11.7 Å². The summed E-state index contributed by atoms with van der Waals surface area (Å²) in [5, 5.41) is 2.81. The predicted octanol–water partition coefficient (Wildman–Crippen LogP) is 3.90. The number of nitrogens with one attached hydrogen (secondary N) is 1. The van der Waals surface area contributed by atoms with Crippen molar-refractivity contribution in [3.63, 3.8) is 0 Å². The van der Waals surface area contributed by atoms with Crippen LogP contribution < -0.4 is 10.1 Å². The number of carbonyl (C=O) groups is 1. The van der Waals surface area contributed by atoms with Crippen LogP contribution >= 0.6 is 0 Å². The van der Waals surface area contributed by atoms with Crippen LogP contribution in [0.3, 0.4) is 0 Å².